The van der Waals surface area contributed by atoms with Gasteiger partial charge in [-0.05, 0) is 37.5 Å². The summed E-state index contributed by atoms with van der Waals surface area (Å²) in [5.41, 5.74) is 0.813. The van der Waals surface area contributed by atoms with Gasteiger partial charge in [0.25, 0.3) is 5.91 Å². The number of primary sulfonamides is 1. The van der Waals surface area contributed by atoms with Crippen LogP contribution in [0.4, 0.5) is 0 Å². The molecule has 1 aliphatic carbocycles. The molecule has 0 radical (unpaired) electrons. The average Bonchev–Trinajstić information content (AvgIpc) is 2.32. The van der Waals surface area contributed by atoms with Gasteiger partial charge in [0.1, 0.15) is 0 Å². The van der Waals surface area contributed by atoms with Crippen molar-refractivity contribution in [2.45, 2.75) is 36.8 Å². The lowest BCUT2D eigenvalue weighted by atomic mass is 9.89. The van der Waals surface area contributed by atoms with Crippen LogP contribution in [0.25, 0.3) is 0 Å². The molecule has 3 N–H and O–H groups in total. The molecule has 20 heavy (non-hydrogen) atoms. The maximum atomic E-state index is 12.0. The number of benzene rings is 1. The summed E-state index contributed by atoms with van der Waals surface area (Å²) in [6.07, 6.45) is 1.74. The molecule has 1 saturated carbocycles. The number of carbonyl (C=O) groups excluding carboxylic acids is 1. The number of nitrogens with two attached hydrogens (primary N) is 1. The fourth-order valence-corrected chi connectivity index (χ4v) is 3.00. The smallest absolute Gasteiger partial charge is 0.251 e. The first-order valence-corrected chi connectivity index (χ1v) is 7.83. The van der Waals surface area contributed by atoms with E-state index in [0.717, 1.165) is 12.8 Å². The van der Waals surface area contributed by atoms with Crippen molar-refractivity contribution in [3.8, 4) is 0 Å². The summed E-state index contributed by atoms with van der Waals surface area (Å²) in [5.74, 6) is -0.297. The standard InChI is InChI=1S/C13H18N2O4S/c1-8-3-4-9(5-12(8)20(14,17)18)13(16)15-10-6-11(7-10)19-2/h3-5,10-11H,6-7H2,1-2H3,(H,15,16)(H2,14,17,18). The second-order valence-electron chi connectivity index (χ2n) is 5.02. The zero-order valence-electron chi connectivity index (χ0n) is 11.4. The minimum absolute atomic E-state index is 0.0199. The van der Waals surface area contributed by atoms with Crippen molar-refractivity contribution in [3.63, 3.8) is 0 Å². The molecule has 1 amide bonds. The van der Waals surface area contributed by atoms with Crippen molar-refractivity contribution >= 4 is 15.9 Å². The first-order valence-electron chi connectivity index (χ1n) is 6.28. The van der Waals surface area contributed by atoms with Crippen LogP contribution in [-0.4, -0.2) is 33.6 Å². The van der Waals surface area contributed by atoms with E-state index in [1.54, 1.807) is 26.2 Å². The quantitative estimate of drug-likeness (QED) is 0.848. The van der Waals surface area contributed by atoms with E-state index in [1.807, 2.05) is 0 Å². The lowest BCUT2D eigenvalue weighted by Crippen LogP contribution is -2.47. The maximum Gasteiger partial charge on any atom is 0.251 e. The summed E-state index contributed by atoms with van der Waals surface area (Å²) in [7, 11) is -2.18. The van der Waals surface area contributed by atoms with Crippen LogP contribution >= 0.6 is 0 Å². The molecule has 0 aliphatic heterocycles. The molecule has 0 unspecified atom stereocenters. The minimum atomic E-state index is -3.82. The predicted octanol–water partition coefficient (Wildman–Crippen LogP) is 0.550. The van der Waals surface area contributed by atoms with Crippen LogP contribution in [0.5, 0.6) is 0 Å². The molecule has 7 heteroatoms. The van der Waals surface area contributed by atoms with Gasteiger partial charge in [-0.15, -0.1) is 0 Å². The number of hydrogen-bond donors (Lipinski definition) is 2. The van der Waals surface area contributed by atoms with Crippen molar-refractivity contribution in [1.29, 1.82) is 0 Å². The minimum Gasteiger partial charge on any atom is -0.381 e. The van der Waals surface area contributed by atoms with Crippen molar-refractivity contribution in [1.82, 2.24) is 5.32 Å². The van der Waals surface area contributed by atoms with Gasteiger partial charge in [-0.1, -0.05) is 6.07 Å². The Labute approximate surface area is 118 Å². The molecule has 0 atom stereocenters. The second-order valence-corrected chi connectivity index (χ2v) is 6.55. The zero-order valence-corrected chi connectivity index (χ0v) is 12.2. The van der Waals surface area contributed by atoms with E-state index in [2.05, 4.69) is 5.32 Å². The van der Waals surface area contributed by atoms with Gasteiger partial charge in [0, 0.05) is 18.7 Å². The van der Waals surface area contributed by atoms with Gasteiger partial charge in [0.15, 0.2) is 0 Å². The Morgan fingerprint density at radius 3 is 2.60 bits per heavy atom. The highest BCUT2D eigenvalue weighted by Crippen LogP contribution is 2.23. The second kappa shape index (κ2) is 5.51. The Morgan fingerprint density at radius 2 is 2.05 bits per heavy atom. The number of rotatable bonds is 4. The van der Waals surface area contributed by atoms with Gasteiger partial charge in [0.2, 0.25) is 10.0 Å². The Hall–Kier alpha value is -1.44. The molecule has 0 heterocycles. The summed E-state index contributed by atoms with van der Waals surface area (Å²) in [5, 5.41) is 7.97. The molecule has 1 aliphatic rings. The van der Waals surface area contributed by atoms with Crippen molar-refractivity contribution in [2.75, 3.05) is 7.11 Å². The van der Waals surface area contributed by atoms with Crippen LogP contribution in [0.1, 0.15) is 28.8 Å². The molecule has 1 aromatic rings. The first-order chi connectivity index (χ1) is 9.31. The normalized spacial score (nSPS) is 22.1. The zero-order chi connectivity index (χ0) is 14.9. The summed E-state index contributed by atoms with van der Waals surface area (Å²) >= 11 is 0. The van der Waals surface area contributed by atoms with Gasteiger partial charge in [0.05, 0.1) is 11.0 Å². The van der Waals surface area contributed by atoms with E-state index in [0.29, 0.717) is 11.1 Å². The van der Waals surface area contributed by atoms with Crippen LogP contribution < -0.4 is 10.5 Å². The summed E-state index contributed by atoms with van der Waals surface area (Å²) in [4.78, 5) is 12.0. The Balaban J connectivity index is 2.11. The van der Waals surface area contributed by atoms with Crippen LogP contribution in [0.3, 0.4) is 0 Å². The number of sulfonamides is 1. The van der Waals surface area contributed by atoms with Gasteiger partial charge in [-0.3, -0.25) is 4.79 Å². The molecule has 110 valence electrons. The van der Waals surface area contributed by atoms with Gasteiger partial charge >= 0.3 is 0 Å². The highest BCUT2D eigenvalue weighted by atomic mass is 32.2. The number of methoxy groups -OCH3 is 1. The molecule has 2 rings (SSSR count). The Morgan fingerprint density at radius 1 is 1.40 bits per heavy atom. The third kappa shape index (κ3) is 3.17. The fourth-order valence-electron chi connectivity index (χ4n) is 2.19. The van der Waals surface area contributed by atoms with E-state index in [4.69, 9.17) is 9.88 Å². The van der Waals surface area contributed by atoms with E-state index in [-0.39, 0.29) is 22.9 Å². The Kier molecular flexibility index (Phi) is 4.12. The molecule has 6 nitrogen and oxygen atoms in total. The van der Waals surface area contributed by atoms with Crippen molar-refractivity contribution < 1.29 is 17.9 Å². The lowest BCUT2D eigenvalue weighted by Gasteiger charge is -2.34. The summed E-state index contributed by atoms with van der Waals surface area (Å²) < 4.78 is 28.0. The number of ether oxygens (including phenoxy) is 1. The van der Waals surface area contributed by atoms with E-state index in [1.165, 1.54) is 6.07 Å². The largest absolute Gasteiger partial charge is 0.381 e. The van der Waals surface area contributed by atoms with Crippen LogP contribution in [0.15, 0.2) is 23.1 Å². The molecule has 0 spiro atoms. The van der Waals surface area contributed by atoms with Crippen LogP contribution in [0, 0.1) is 6.92 Å². The molecule has 0 aromatic heterocycles. The number of amides is 1. The third-order valence-corrected chi connectivity index (χ3v) is 4.57. The summed E-state index contributed by atoms with van der Waals surface area (Å²) in [6.45, 7) is 1.64. The van der Waals surface area contributed by atoms with Crippen molar-refractivity contribution in [3.05, 3.63) is 29.3 Å². The topological polar surface area (TPSA) is 98.5 Å². The fraction of sp³-hybridized carbons (Fsp3) is 0.462. The highest BCUT2D eigenvalue weighted by Gasteiger charge is 2.30. The average molecular weight is 298 g/mol. The molecule has 0 bridgehead atoms. The van der Waals surface area contributed by atoms with E-state index < -0.39 is 10.0 Å². The number of hydrogen-bond acceptors (Lipinski definition) is 4. The summed E-state index contributed by atoms with van der Waals surface area (Å²) in [6, 6.07) is 4.55. The molecule has 0 saturated heterocycles. The van der Waals surface area contributed by atoms with E-state index >= 15 is 0 Å². The molecule has 1 fully saturated rings. The highest BCUT2D eigenvalue weighted by molar-refractivity contribution is 7.89. The van der Waals surface area contributed by atoms with Gasteiger partial charge in [-0.25, -0.2) is 13.6 Å². The first kappa shape index (κ1) is 15.0. The molecular weight excluding hydrogens is 280 g/mol. The predicted molar refractivity (Wildman–Crippen MR) is 73.8 cm³/mol. The third-order valence-electron chi connectivity index (χ3n) is 3.52. The van der Waals surface area contributed by atoms with Crippen molar-refractivity contribution in [2.24, 2.45) is 5.14 Å². The molecule has 1 aromatic carbocycles. The van der Waals surface area contributed by atoms with Gasteiger partial charge in [-0.2, -0.15) is 0 Å². The SMILES string of the molecule is COC1CC(NC(=O)c2ccc(C)c(S(N)(=O)=O)c2)C1. The lowest BCUT2D eigenvalue weighted by molar-refractivity contribution is 0.0176. The monoisotopic (exact) mass is 298 g/mol. The Bertz CT molecular complexity index is 621. The number of nitrogens with one attached hydrogen (secondary N) is 1. The van der Waals surface area contributed by atoms with Crippen LogP contribution in [-0.2, 0) is 14.8 Å². The van der Waals surface area contributed by atoms with E-state index in [9.17, 15) is 13.2 Å². The van der Waals surface area contributed by atoms with Crippen LogP contribution in [0.2, 0.25) is 0 Å². The van der Waals surface area contributed by atoms with Gasteiger partial charge < -0.3 is 10.1 Å². The molecular formula is C13H18N2O4S. The maximum absolute atomic E-state index is 12.0. The number of aryl methyl sites for hydroxylation is 1. The number of carbonyl (C=O) groups is 1.